The zero-order valence-corrected chi connectivity index (χ0v) is 11.2. The Morgan fingerprint density at radius 3 is 2.63 bits per heavy atom. The molecule has 0 aliphatic carbocycles. The summed E-state index contributed by atoms with van der Waals surface area (Å²) in [5, 5.41) is 10.3. The second kappa shape index (κ2) is 5.43. The minimum absolute atomic E-state index is 0.0968. The SMILES string of the molecule is OCc1cc2ccc(OCc3ccccc3)cc2s1. The smallest absolute Gasteiger partial charge is 0.121 e. The zero-order valence-electron chi connectivity index (χ0n) is 10.4. The highest BCUT2D eigenvalue weighted by Gasteiger charge is 2.03. The molecule has 0 radical (unpaired) electrons. The number of aliphatic hydroxyl groups excluding tert-OH is 1. The van der Waals surface area contributed by atoms with Crippen LogP contribution >= 0.6 is 11.3 Å². The molecule has 19 heavy (non-hydrogen) atoms. The standard InChI is InChI=1S/C16H14O2S/c17-10-15-8-13-6-7-14(9-16(13)19-15)18-11-12-4-2-1-3-5-12/h1-9,17H,10-11H2. The molecule has 0 aliphatic rings. The van der Waals surface area contributed by atoms with Crippen molar-refractivity contribution in [2.45, 2.75) is 13.2 Å². The summed E-state index contributed by atoms with van der Waals surface area (Å²) in [6.07, 6.45) is 0. The van der Waals surface area contributed by atoms with Crippen molar-refractivity contribution in [3.05, 3.63) is 65.0 Å². The molecule has 3 rings (SSSR count). The Morgan fingerprint density at radius 2 is 1.84 bits per heavy atom. The first-order valence-corrected chi connectivity index (χ1v) is 6.97. The number of thiophene rings is 1. The van der Waals surface area contributed by atoms with E-state index in [1.165, 1.54) is 0 Å². The van der Waals surface area contributed by atoms with E-state index in [2.05, 4.69) is 0 Å². The zero-order chi connectivity index (χ0) is 13.1. The number of aliphatic hydroxyl groups is 1. The average molecular weight is 270 g/mol. The summed E-state index contributed by atoms with van der Waals surface area (Å²) >= 11 is 1.60. The molecule has 0 aliphatic heterocycles. The first-order valence-electron chi connectivity index (χ1n) is 6.15. The van der Waals surface area contributed by atoms with Gasteiger partial charge in [-0.05, 0) is 35.2 Å². The molecule has 3 heteroatoms. The van der Waals surface area contributed by atoms with Crippen LogP contribution in [-0.2, 0) is 13.2 Å². The summed E-state index contributed by atoms with van der Waals surface area (Å²) in [6, 6.07) is 18.2. The number of hydrogen-bond donors (Lipinski definition) is 1. The van der Waals surface area contributed by atoms with Crippen LogP contribution in [0.1, 0.15) is 10.4 Å². The largest absolute Gasteiger partial charge is 0.489 e. The van der Waals surface area contributed by atoms with Crippen molar-refractivity contribution in [2.75, 3.05) is 0 Å². The molecule has 2 aromatic carbocycles. The van der Waals surface area contributed by atoms with Gasteiger partial charge in [0, 0.05) is 9.58 Å². The maximum Gasteiger partial charge on any atom is 0.121 e. The van der Waals surface area contributed by atoms with Crippen LogP contribution in [-0.4, -0.2) is 5.11 Å². The Morgan fingerprint density at radius 1 is 1.00 bits per heavy atom. The monoisotopic (exact) mass is 270 g/mol. The average Bonchev–Trinajstić information content (AvgIpc) is 2.88. The molecule has 96 valence electrons. The van der Waals surface area contributed by atoms with Crippen LogP contribution < -0.4 is 4.74 Å². The van der Waals surface area contributed by atoms with E-state index >= 15 is 0 Å². The highest BCUT2D eigenvalue weighted by Crippen LogP contribution is 2.29. The van der Waals surface area contributed by atoms with E-state index in [-0.39, 0.29) is 6.61 Å². The van der Waals surface area contributed by atoms with E-state index in [9.17, 15) is 0 Å². The van der Waals surface area contributed by atoms with Crippen LogP contribution in [0.3, 0.4) is 0 Å². The molecule has 1 N–H and O–H groups in total. The minimum atomic E-state index is 0.0968. The predicted molar refractivity (Wildman–Crippen MR) is 78.5 cm³/mol. The molecular formula is C16H14O2S. The van der Waals surface area contributed by atoms with E-state index in [1.54, 1.807) is 11.3 Å². The fourth-order valence-electron chi connectivity index (χ4n) is 1.98. The van der Waals surface area contributed by atoms with Gasteiger partial charge in [-0.2, -0.15) is 0 Å². The lowest BCUT2D eigenvalue weighted by atomic mass is 10.2. The van der Waals surface area contributed by atoms with Gasteiger partial charge >= 0.3 is 0 Å². The summed E-state index contributed by atoms with van der Waals surface area (Å²) < 4.78 is 6.94. The quantitative estimate of drug-likeness (QED) is 0.777. The second-order valence-electron chi connectivity index (χ2n) is 4.34. The van der Waals surface area contributed by atoms with E-state index in [1.807, 2.05) is 54.6 Å². The number of rotatable bonds is 4. The van der Waals surface area contributed by atoms with Gasteiger partial charge in [0.2, 0.25) is 0 Å². The fraction of sp³-hybridized carbons (Fsp3) is 0.125. The Balaban J connectivity index is 1.78. The molecular weight excluding hydrogens is 256 g/mol. The molecule has 0 spiro atoms. The number of benzene rings is 2. The Bertz CT molecular complexity index is 674. The second-order valence-corrected chi connectivity index (χ2v) is 5.51. The van der Waals surface area contributed by atoms with Crippen LogP contribution in [0, 0.1) is 0 Å². The topological polar surface area (TPSA) is 29.5 Å². The fourth-order valence-corrected chi connectivity index (χ4v) is 2.93. The summed E-state index contributed by atoms with van der Waals surface area (Å²) in [6.45, 7) is 0.671. The van der Waals surface area contributed by atoms with Crippen molar-refractivity contribution in [3.63, 3.8) is 0 Å². The van der Waals surface area contributed by atoms with E-state index in [4.69, 9.17) is 9.84 Å². The van der Waals surface area contributed by atoms with E-state index in [0.717, 1.165) is 26.3 Å². The van der Waals surface area contributed by atoms with E-state index < -0.39 is 0 Å². The van der Waals surface area contributed by atoms with Crippen molar-refractivity contribution < 1.29 is 9.84 Å². The normalized spacial score (nSPS) is 10.8. The van der Waals surface area contributed by atoms with Gasteiger partial charge in [-0.25, -0.2) is 0 Å². The molecule has 1 aromatic heterocycles. The Hall–Kier alpha value is -1.84. The third kappa shape index (κ3) is 2.78. The molecule has 0 bridgehead atoms. The van der Waals surface area contributed by atoms with Gasteiger partial charge in [0.1, 0.15) is 12.4 Å². The van der Waals surface area contributed by atoms with Gasteiger partial charge in [0.15, 0.2) is 0 Å². The lowest BCUT2D eigenvalue weighted by Gasteiger charge is -2.06. The van der Waals surface area contributed by atoms with Crippen LogP contribution in [0.4, 0.5) is 0 Å². The van der Waals surface area contributed by atoms with Crippen LogP contribution in [0.25, 0.3) is 10.1 Å². The highest BCUT2D eigenvalue weighted by molar-refractivity contribution is 7.19. The predicted octanol–water partition coefficient (Wildman–Crippen LogP) is 3.97. The third-order valence-electron chi connectivity index (χ3n) is 2.95. The van der Waals surface area contributed by atoms with Crippen molar-refractivity contribution in [3.8, 4) is 5.75 Å². The number of ether oxygens (including phenoxy) is 1. The lowest BCUT2D eigenvalue weighted by Crippen LogP contribution is -1.94. The van der Waals surface area contributed by atoms with Crippen molar-refractivity contribution in [1.29, 1.82) is 0 Å². The summed E-state index contributed by atoms with van der Waals surface area (Å²) in [5.41, 5.74) is 1.16. The molecule has 3 aromatic rings. The highest BCUT2D eigenvalue weighted by atomic mass is 32.1. The van der Waals surface area contributed by atoms with Gasteiger partial charge in [-0.1, -0.05) is 30.3 Å². The molecule has 0 saturated heterocycles. The van der Waals surface area contributed by atoms with Crippen LogP contribution in [0.2, 0.25) is 0 Å². The lowest BCUT2D eigenvalue weighted by molar-refractivity contribution is 0.285. The Kier molecular flexibility index (Phi) is 3.49. The van der Waals surface area contributed by atoms with Gasteiger partial charge < -0.3 is 9.84 Å². The van der Waals surface area contributed by atoms with Crippen molar-refractivity contribution >= 4 is 21.4 Å². The molecule has 0 saturated carbocycles. The molecule has 0 fully saturated rings. The summed E-state index contributed by atoms with van der Waals surface area (Å²) in [7, 11) is 0. The van der Waals surface area contributed by atoms with Crippen molar-refractivity contribution in [1.82, 2.24) is 0 Å². The summed E-state index contributed by atoms with van der Waals surface area (Å²) in [4.78, 5) is 0.982. The molecule has 0 atom stereocenters. The van der Waals surface area contributed by atoms with Crippen LogP contribution in [0.5, 0.6) is 5.75 Å². The molecule has 0 amide bonds. The molecule has 2 nitrogen and oxygen atoms in total. The minimum Gasteiger partial charge on any atom is -0.489 e. The van der Waals surface area contributed by atoms with Gasteiger partial charge in [0.05, 0.1) is 6.61 Å². The van der Waals surface area contributed by atoms with Gasteiger partial charge in [-0.3, -0.25) is 0 Å². The number of hydrogen-bond acceptors (Lipinski definition) is 3. The third-order valence-corrected chi connectivity index (χ3v) is 4.03. The first kappa shape index (κ1) is 12.2. The van der Waals surface area contributed by atoms with Gasteiger partial charge in [-0.15, -0.1) is 11.3 Å². The molecule has 1 heterocycles. The Labute approximate surface area is 115 Å². The maximum absolute atomic E-state index is 9.14. The summed E-state index contributed by atoms with van der Waals surface area (Å²) in [5.74, 6) is 0.864. The first-order chi connectivity index (χ1) is 9.35. The maximum atomic E-state index is 9.14. The van der Waals surface area contributed by atoms with E-state index in [0.29, 0.717) is 6.61 Å². The van der Waals surface area contributed by atoms with Crippen molar-refractivity contribution in [2.24, 2.45) is 0 Å². The molecule has 0 unspecified atom stereocenters. The number of fused-ring (bicyclic) bond motifs is 1. The van der Waals surface area contributed by atoms with Crippen LogP contribution in [0.15, 0.2) is 54.6 Å². The van der Waals surface area contributed by atoms with Gasteiger partial charge in [0.25, 0.3) is 0 Å².